The number of nitrogens with one attached hydrogen (secondary N) is 1. The van der Waals surface area contributed by atoms with E-state index in [-0.39, 0.29) is 0 Å². The molecule has 2 heterocycles. The molecule has 1 aromatic carbocycles. The molecule has 5 heteroatoms. The van der Waals surface area contributed by atoms with Gasteiger partial charge in [0, 0.05) is 34.4 Å². The minimum atomic E-state index is 0.371. The van der Waals surface area contributed by atoms with Gasteiger partial charge in [0.2, 0.25) is 0 Å². The number of nitrogens with zero attached hydrogens (tertiary/aromatic N) is 1. The van der Waals surface area contributed by atoms with Crippen LogP contribution in [-0.4, -0.2) is 18.1 Å². The van der Waals surface area contributed by atoms with Crippen LogP contribution in [0.1, 0.15) is 35.1 Å². The first kappa shape index (κ1) is 15.0. The standard InChI is InChI=1S/C16H19BrN2OS/c1-11-19-13(10-21-11)6-7-18-15-3-2-8-20-16-9-12(17)4-5-14(15)16/h4-5,9-10,15,18H,2-3,6-8H2,1H3. The molecule has 112 valence electrons. The van der Waals surface area contributed by atoms with Crippen molar-refractivity contribution < 1.29 is 4.74 Å². The van der Waals surface area contributed by atoms with E-state index >= 15 is 0 Å². The fourth-order valence-corrected chi connectivity index (χ4v) is 3.64. The summed E-state index contributed by atoms with van der Waals surface area (Å²) >= 11 is 5.23. The van der Waals surface area contributed by atoms with Crippen LogP contribution >= 0.6 is 27.3 Å². The lowest BCUT2D eigenvalue weighted by atomic mass is 10.0. The molecule has 2 aromatic rings. The second-order valence-electron chi connectivity index (χ2n) is 5.29. The monoisotopic (exact) mass is 366 g/mol. The van der Waals surface area contributed by atoms with Crippen LogP contribution in [0.25, 0.3) is 0 Å². The van der Waals surface area contributed by atoms with Gasteiger partial charge in [0.25, 0.3) is 0 Å². The normalized spacial score (nSPS) is 17.9. The molecule has 0 spiro atoms. The van der Waals surface area contributed by atoms with Crippen molar-refractivity contribution in [2.75, 3.05) is 13.2 Å². The number of fused-ring (bicyclic) bond motifs is 1. The molecular weight excluding hydrogens is 348 g/mol. The van der Waals surface area contributed by atoms with E-state index in [1.54, 1.807) is 11.3 Å². The lowest BCUT2D eigenvalue weighted by molar-refractivity contribution is 0.315. The van der Waals surface area contributed by atoms with Crippen LogP contribution in [0.3, 0.4) is 0 Å². The Morgan fingerprint density at radius 2 is 2.38 bits per heavy atom. The van der Waals surface area contributed by atoms with Crippen LogP contribution in [0.4, 0.5) is 0 Å². The molecule has 0 saturated carbocycles. The van der Waals surface area contributed by atoms with Gasteiger partial charge in [-0.1, -0.05) is 22.0 Å². The first-order valence-electron chi connectivity index (χ1n) is 7.29. The lowest BCUT2D eigenvalue weighted by Crippen LogP contribution is -2.23. The number of hydrogen-bond donors (Lipinski definition) is 1. The van der Waals surface area contributed by atoms with Crippen LogP contribution in [-0.2, 0) is 6.42 Å². The molecule has 1 aromatic heterocycles. The van der Waals surface area contributed by atoms with Crippen LogP contribution < -0.4 is 10.1 Å². The number of aryl methyl sites for hydroxylation is 1. The molecule has 1 atom stereocenters. The summed E-state index contributed by atoms with van der Waals surface area (Å²) in [5, 5.41) is 6.96. The van der Waals surface area contributed by atoms with E-state index in [9.17, 15) is 0 Å². The number of benzene rings is 1. The fourth-order valence-electron chi connectivity index (χ4n) is 2.66. The molecule has 0 bridgehead atoms. The third kappa shape index (κ3) is 3.84. The molecule has 0 radical (unpaired) electrons. The van der Waals surface area contributed by atoms with Gasteiger partial charge in [-0.3, -0.25) is 0 Å². The summed E-state index contributed by atoms with van der Waals surface area (Å²) in [4.78, 5) is 4.52. The third-order valence-corrected chi connectivity index (χ3v) is 5.00. The average molecular weight is 367 g/mol. The number of hydrogen-bond acceptors (Lipinski definition) is 4. The van der Waals surface area contributed by atoms with Crippen molar-refractivity contribution in [3.63, 3.8) is 0 Å². The third-order valence-electron chi connectivity index (χ3n) is 3.68. The Bertz CT molecular complexity index is 614. The number of aromatic nitrogens is 1. The van der Waals surface area contributed by atoms with E-state index in [0.29, 0.717) is 6.04 Å². The number of halogens is 1. The summed E-state index contributed by atoms with van der Waals surface area (Å²) in [6.45, 7) is 3.80. The van der Waals surface area contributed by atoms with E-state index in [1.165, 1.54) is 11.3 Å². The summed E-state index contributed by atoms with van der Waals surface area (Å²) in [6.07, 6.45) is 3.18. The topological polar surface area (TPSA) is 34.2 Å². The SMILES string of the molecule is Cc1nc(CCNC2CCCOc3cc(Br)ccc32)cs1. The van der Waals surface area contributed by atoms with Crippen LogP contribution in [0, 0.1) is 6.92 Å². The molecule has 1 aliphatic rings. The van der Waals surface area contributed by atoms with Gasteiger partial charge in [0.1, 0.15) is 5.75 Å². The summed E-state index contributed by atoms with van der Waals surface area (Å²) < 4.78 is 6.92. The maximum Gasteiger partial charge on any atom is 0.125 e. The highest BCUT2D eigenvalue weighted by Gasteiger charge is 2.19. The van der Waals surface area contributed by atoms with Crippen molar-refractivity contribution in [1.82, 2.24) is 10.3 Å². The second kappa shape index (κ2) is 6.90. The van der Waals surface area contributed by atoms with Gasteiger partial charge in [0.15, 0.2) is 0 Å². The zero-order chi connectivity index (χ0) is 14.7. The zero-order valence-electron chi connectivity index (χ0n) is 12.1. The lowest BCUT2D eigenvalue weighted by Gasteiger charge is -2.18. The highest BCUT2D eigenvalue weighted by Crippen LogP contribution is 2.33. The van der Waals surface area contributed by atoms with E-state index in [0.717, 1.165) is 47.6 Å². The highest BCUT2D eigenvalue weighted by molar-refractivity contribution is 9.10. The Labute approximate surface area is 137 Å². The van der Waals surface area contributed by atoms with E-state index < -0.39 is 0 Å². The van der Waals surface area contributed by atoms with Crippen LogP contribution in [0.15, 0.2) is 28.1 Å². The quantitative estimate of drug-likeness (QED) is 0.877. The summed E-state index contributed by atoms with van der Waals surface area (Å²) in [5.74, 6) is 1.00. The molecule has 21 heavy (non-hydrogen) atoms. The maximum atomic E-state index is 5.85. The predicted molar refractivity (Wildman–Crippen MR) is 90.2 cm³/mol. The second-order valence-corrected chi connectivity index (χ2v) is 7.27. The number of thiazole rings is 1. The Balaban J connectivity index is 1.65. The smallest absolute Gasteiger partial charge is 0.125 e. The van der Waals surface area contributed by atoms with Crippen molar-refractivity contribution >= 4 is 27.3 Å². The number of rotatable bonds is 4. The van der Waals surface area contributed by atoms with Crippen molar-refractivity contribution in [2.24, 2.45) is 0 Å². The minimum absolute atomic E-state index is 0.371. The minimum Gasteiger partial charge on any atom is -0.493 e. The van der Waals surface area contributed by atoms with Gasteiger partial charge < -0.3 is 10.1 Å². The van der Waals surface area contributed by atoms with E-state index in [2.05, 4.69) is 56.7 Å². The first-order valence-corrected chi connectivity index (χ1v) is 8.96. The molecule has 1 aliphatic heterocycles. The zero-order valence-corrected chi connectivity index (χ0v) is 14.5. The van der Waals surface area contributed by atoms with Gasteiger partial charge in [-0.25, -0.2) is 4.98 Å². The van der Waals surface area contributed by atoms with Crippen molar-refractivity contribution in [3.8, 4) is 5.75 Å². The molecule has 3 nitrogen and oxygen atoms in total. The average Bonchev–Trinajstić information content (AvgIpc) is 2.77. The first-order chi connectivity index (χ1) is 10.2. The molecule has 0 fully saturated rings. The molecule has 0 saturated heterocycles. The predicted octanol–water partition coefficient (Wildman–Crippen LogP) is 4.26. The highest BCUT2D eigenvalue weighted by atomic mass is 79.9. The largest absolute Gasteiger partial charge is 0.493 e. The molecule has 0 amide bonds. The van der Waals surface area contributed by atoms with Gasteiger partial charge in [-0.05, 0) is 31.9 Å². The summed E-state index contributed by atoms with van der Waals surface area (Å²) in [5.41, 5.74) is 2.45. The molecular formula is C16H19BrN2OS. The van der Waals surface area contributed by atoms with Gasteiger partial charge in [-0.2, -0.15) is 0 Å². The van der Waals surface area contributed by atoms with Crippen molar-refractivity contribution in [2.45, 2.75) is 32.2 Å². The van der Waals surface area contributed by atoms with E-state index in [4.69, 9.17) is 4.74 Å². The van der Waals surface area contributed by atoms with Crippen LogP contribution in [0.2, 0.25) is 0 Å². The molecule has 1 N–H and O–H groups in total. The van der Waals surface area contributed by atoms with Crippen molar-refractivity contribution in [1.29, 1.82) is 0 Å². The van der Waals surface area contributed by atoms with E-state index in [1.807, 2.05) is 0 Å². The fraction of sp³-hybridized carbons (Fsp3) is 0.438. The molecule has 3 rings (SSSR count). The van der Waals surface area contributed by atoms with Crippen LogP contribution in [0.5, 0.6) is 5.75 Å². The van der Waals surface area contributed by atoms with Gasteiger partial charge >= 0.3 is 0 Å². The maximum absolute atomic E-state index is 5.85. The van der Waals surface area contributed by atoms with Crippen molar-refractivity contribution in [3.05, 3.63) is 44.3 Å². The Hall–Kier alpha value is -0.910. The molecule has 1 unspecified atom stereocenters. The Morgan fingerprint density at radius 3 is 3.19 bits per heavy atom. The Kier molecular flexibility index (Phi) is 4.93. The number of ether oxygens (including phenoxy) is 1. The molecule has 0 aliphatic carbocycles. The van der Waals surface area contributed by atoms with Gasteiger partial charge in [-0.15, -0.1) is 11.3 Å². The summed E-state index contributed by atoms with van der Waals surface area (Å²) in [7, 11) is 0. The van der Waals surface area contributed by atoms with Gasteiger partial charge in [0.05, 0.1) is 17.3 Å². The Morgan fingerprint density at radius 1 is 1.48 bits per heavy atom. The summed E-state index contributed by atoms with van der Waals surface area (Å²) in [6, 6.07) is 6.69.